The average molecular weight is 337 g/mol. The van der Waals surface area contributed by atoms with E-state index in [4.69, 9.17) is 13.3 Å². The summed E-state index contributed by atoms with van der Waals surface area (Å²) in [4.78, 5) is 2.15. The molecule has 0 aliphatic carbocycles. The van der Waals surface area contributed by atoms with Crippen molar-refractivity contribution in [2.24, 2.45) is 0 Å². The van der Waals surface area contributed by atoms with E-state index in [0.717, 1.165) is 22.5 Å². The van der Waals surface area contributed by atoms with Gasteiger partial charge in [0.05, 0.1) is 25.9 Å². The first-order valence-electron chi connectivity index (χ1n) is 8.18. The molecule has 0 aliphatic heterocycles. The SMILES string of the molecule is Cc1ccc2oc(CN(Cc3ccco3)Cc3nnc(C)o3)cc2c1. The largest absolute Gasteiger partial charge is 0.468 e. The first-order chi connectivity index (χ1) is 12.2. The number of hydrogen-bond donors (Lipinski definition) is 0. The number of fused-ring (bicyclic) bond motifs is 1. The normalized spacial score (nSPS) is 11.6. The standard InChI is InChI=1S/C19H19N3O3/c1-13-5-6-18-15(8-13)9-17(25-18)11-22(10-16-4-3-7-23-16)12-19-21-20-14(2)24-19/h3-9H,10-12H2,1-2H3. The third kappa shape index (κ3) is 3.64. The van der Waals surface area contributed by atoms with E-state index in [2.05, 4.69) is 40.2 Å². The van der Waals surface area contributed by atoms with Crippen LogP contribution in [0.5, 0.6) is 0 Å². The van der Waals surface area contributed by atoms with Crippen LogP contribution >= 0.6 is 0 Å². The van der Waals surface area contributed by atoms with E-state index in [1.54, 1.807) is 13.2 Å². The Balaban J connectivity index is 1.57. The van der Waals surface area contributed by atoms with Crippen LogP contribution in [0.15, 0.2) is 55.9 Å². The van der Waals surface area contributed by atoms with Crippen LogP contribution in [0.1, 0.15) is 28.9 Å². The summed E-state index contributed by atoms with van der Waals surface area (Å²) < 4.78 is 17.0. The molecule has 25 heavy (non-hydrogen) atoms. The molecule has 0 unspecified atom stereocenters. The highest BCUT2D eigenvalue weighted by molar-refractivity contribution is 5.78. The monoisotopic (exact) mass is 337 g/mol. The summed E-state index contributed by atoms with van der Waals surface area (Å²) in [5.74, 6) is 2.91. The number of nitrogens with zero attached hydrogens (tertiary/aromatic N) is 3. The third-order valence-electron chi connectivity index (χ3n) is 3.99. The summed E-state index contributed by atoms with van der Waals surface area (Å²) in [6.07, 6.45) is 1.67. The van der Waals surface area contributed by atoms with Crippen LogP contribution in [0.25, 0.3) is 11.0 Å². The third-order valence-corrected chi connectivity index (χ3v) is 3.99. The predicted molar refractivity (Wildman–Crippen MR) is 91.6 cm³/mol. The zero-order valence-corrected chi connectivity index (χ0v) is 14.2. The van der Waals surface area contributed by atoms with Crippen molar-refractivity contribution in [1.29, 1.82) is 0 Å². The lowest BCUT2D eigenvalue weighted by molar-refractivity contribution is 0.191. The van der Waals surface area contributed by atoms with Crippen molar-refractivity contribution in [1.82, 2.24) is 15.1 Å². The van der Waals surface area contributed by atoms with Crippen molar-refractivity contribution in [2.75, 3.05) is 0 Å². The molecule has 0 amide bonds. The molecule has 0 spiro atoms. The van der Waals surface area contributed by atoms with Gasteiger partial charge in [-0.15, -0.1) is 10.2 Å². The summed E-state index contributed by atoms with van der Waals surface area (Å²) in [6, 6.07) is 12.1. The van der Waals surface area contributed by atoms with Crippen molar-refractivity contribution in [3.8, 4) is 0 Å². The Bertz CT molecular complexity index is 969. The second kappa shape index (κ2) is 6.57. The molecule has 0 atom stereocenters. The van der Waals surface area contributed by atoms with Gasteiger partial charge in [0, 0.05) is 12.3 Å². The molecule has 128 valence electrons. The van der Waals surface area contributed by atoms with Crippen molar-refractivity contribution in [2.45, 2.75) is 33.5 Å². The van der Waals surface area contributed by atoms with Gasteiger partial charge in [-0.05, 0) is 37.3 Å². The molecule has 3 heterocycles. The van der Waals surface area contributed by atoms with Gasteiger partial charge in [0.2, 0.25) is 11.8 Å². The number of furan rings is 2. The molecule has 0 bridgehead atoms. The maximum absolute atomic E-state index is 5.98. The van der Waals surface area contributed by atoms with Gasteiger partial charge in [-0.2, -0.15) is 0 Å². The second-order valence-electron chi connectivity index (χ2n) is 6.19. The minimum atomic E-state index is 0.525. The highest BCUT2D eigenvalue weighted by atomic mass is 16.4. The van der Waals surface area contributed by atoms with Crippen LogP contribution in [0, 0.1) is 13.8 Å². The second-order valence-corrected chi connectivity index (χ2v) is 6.19. The molecule has 4 rings (SSSR count). The van der Waals surface area contributed by atoms with E-state index in [-0.39, 0.29) is 0 Å². The van der Waals surface area contributed by atoms with E-state index >= 15 is 0 Å². The Morgan fingerprint density at radius 2 is 1.80 bits per heavy atom. The van der Waals surface area contributed by atoms with Gasteiger partial charge in [-0.1, -0.05) is 11.6 Å². The van der Waals surface area contributed by atoms with Gasteiger partial charge in [0.25, 0.3) is 0 Å². The minimum Gasteiger partial charge on any atom is -0.468 e. The molecule has 6 nitrogen and oxygen atoms in total. The number of aryl methyl sites for hydroxylation is 2. The number of hydrogen-bond acceptors (Lipinski definition) is 6. The van der Waals surface area contributed by atoms with Gasteiger partial charge in [-0.3, -0.25) is 4.90 Å². The predicted octanol–water partition coefficient (Wildman–Crippen LogP) is 4.23. The highest BCUT2D eigenvalue weighted by Gasteiger charge is 2.16. The Kier molecular flexibility index (Phi) is 4.11. The molecule has 6 heteroatoms. The topological polar surface area (TPSA) is 68.4 Å². The van der Waals surface area contributed by atoms with Gasteiger partial charge in [0.1, 0.15) is 17.1 Å². The minimum absolute atomic E-state index is 0.525. The van der Waals surface area contributed by atoms with Crippen LogP contribution < -0.4 is 0 Å². The van der Waals surface area contributed by atoms with Crippen molar-refractivity contribution in [3.63, 3.8) is 0 Å². The van der Waals surface area contributed by atoms with Gasteiger partial charge in [-0.25, -0.2) is 0 Å². The fourth-order valence-corrected chi connectivity index (χ4v) is 2.90. The molecular weight excluding hydrogens is 318 g/mol. The van der Waals surface area contributed by atoms with Crippen molar-refractivity contribution < 1.29 is 13.3 Å². The summed E-state index contributed by atoms with van der Waals surface area (Å²) in [7, 11) is 0. The van der Waals surface area contributed by atoms with E-state index in [1.807, 2.05) is 18.2 Å². The van der Waals surface area contributed by atoms with Gasteiger partial charge >= 0.3 is 0 Å². The molecule has 4 aromatic rings. The molecule has 0 aliphatic rings. The zero-order chi connectivity index (χ0) is 17.2. The summed E-state index contributed by atoms with van der Waals surface area (Å²) >= 11 is 0. The number of aromatic nitrogens is 2. The van der Waals surface area contributed by atoms with Crippen LogP contribution in [-0.4, -0.2) is 15.1 Å². The molecular formula is C19H19N3O3. The van der Waals surface area contributed by atoms with E-state index in [1.165, 1.54) is 5.56 Å². The van der Waals surface area contributed by atoms with E-state index < -0.39 is 0 Å². The Morgan fingerprint density at radius 3 is 2.56 bits per heavy atom. The lowest BCUT2D eigenvalue weighted by Crippen LogP contribution is -2.22. The summed E-state index contributed by atoms with van der Waals surface area (Å²) in [6.45, 7) is 5.64. The molecule has 0 N–H and O–H groups in total. The van der Waals surface area contributed by atoms with Crippen molar-refractivity contribution >= 4 is 11.0 Å². The zero-order valence-electron chi connectivity index (χ0n) is 14.2. The molecule has 0 radical (unpaired) electrons. The molecule has 0 fully saturated rings. The number of benzene rings is 1. The number of rotatable bonds is 6. The first-order valence-corrected chi connectivity index (χ1v) is 8.18. The van der Waals surface area contributed by atoms with Gasteiger partial charge < -0.3 is 13.3 Å². The van der Waals surface area contributed by atoms with Crippen LogP contribution in [0.2, 0.25) is 0 Å². The fraction of sp³-hybridized carbons (Fsp3) is 0.263. The molecule has 3 aromatic heterocycles. The van der Waals surface area contributed by atoms with E-state index in [9.17, 15) is 0 Å². The van der Waals surface area contributed by atoms with E-state index in [0.29, 0.717) is 31.4 Å². The maximum Gasteiger partial charge on any atom is 0.230 e. The summed E-state index contributed by atoms with van der Waals surface area (Å²) in [5, 5.41) is 9.10. The van der Waals surface area contributed by atoms with Crippen LogP contribution in [0.4, 0.5) is 0 Å². The highest BCUT2D eigenvalue weighted by Crippen LogP contribution is 2.23. The lowest BCUT2D eigenvalue weighted by Gasteiger charge is -2.17. The maximum atomic E-state index is 5.98. The van der Waals surface area contributed by atoms with Crippen LogP contribution in [0.3, 0.4) is 0 Å². The average Bonchev–Trinajstić information content (AvgIpc) is 3.29. The molecule has 1 aromatic carbocycles. The quantitative estimate of drug-likeness (QED) is 0.524. The van der Waals surface area contributed by atoms with Crippen LogP contribution in [-0.2, 0) is 19.6 Å². The molecule has 0 saturated carbocycles. The first kappa shape index (κ1) is 15.7. The lowest BCUT2D eigenvalue weighted by atomic mass is 10.2. The Morgan fingerprint density at radius 1 is 0.920 bits per heavy atom. The Hall–Kier alpha value is -2.86. The van der Waals surface area contributed by atoms with Crippen molar-refractivity contribution in [3.05, 3.63) is 71.5 Å². The molecule has 0 saturated heterocycles. The van der Waals surface area contributed by atoms with Gasteiger partial charge in [0.15, 0.2) is 0 Å². The smallest absolute Gasteiger partial charge is 0.230 e. The Labute approximate surface area is 145 Å². The fourth-order valence-electron chi connectivity index (χ4n) is 2.90. The summed E-state index contributed by atoms with van der Waals surface area (Å²) in [5.41, 5.74) is 2.11.